The van der Waals surface area contributed by atoms with E-state index >= 15 is 0 Å². The van der Waals surface area contributed by atoms with Crippen LogP contribution in [0.5, 0.6) is 0 Å². The summed E-state index contributed by atoms with van der Waals surface area (Å²) in [5.74, 6) is -0.755. The summed E-state index contributed by atoms with van der Waals surface area (Å²) in [4.78, 5) is 14.0. The molecule has 1 saturated heterocycles. The molecular weight excluding hydrogens is 246 g/mol. The molecule has 1 aliphatic rings. The normalized spacial score (nSPS) is 31.2. The number of carbonyl (C=O) groups is 1. The monoisotopic (exact) mass is 261 g/mol. The highest BCUT2D eigenvalue weighted by Crippen LogP contribution is 2.28. The summed E-state index contributed by atoms with van der Waals surface area (Å²) in [5.41, 5.74) is 8.47. The Morgan fingerprint density at radius 1 is 1.44 bits per heavy atom. The van der Waals surface area contributed by atoms with Gasteiger partial charge in [0, 0.05) is 19.1 Å². The van der Waals surface area contributed by atoms with E-state index in [1.165, 1.54) is 21.3 Å². The molecule has 9 heteroatoms. The molecule has 1 aliphatic heterocycles. The van der Waals surface area contributed by atoms with Gasteiger partial charge in [-0.3, -0.25) is 0 Å². The molecule has 1 rings (SSSR count). The number of esters is 1. The first-order valence-corrected chi connectivity index (χ1v) is 5.11. The standard InChI is InChI=1S/C9H15N3O6/c1-15-8(14)7-5(13)4(11-12-10)6(18-7)9(16-2)17-3/h4-7,9,13H,1-3H3/t4-,5+,6+,7+/m1/s1. The Hall–Kier alpha value is -1.38. The van der Waals surface area contributed by atoms with Gasteiger partial charge >= 0.3 is 5.97 Å². The van der Waals surface area contributed by atoms with Crippen LogP contribution < -0.4 is 0 Å². The first-order chi connectivity index (χ1) is 8.60. The predicted molar refractivity (Wildman–Crippen MR) is 57.4 cm³/mol. The predicted octanol–water partition coefficient (Wildman–Crippen LogP) is -0.415. The number of aliphatic hydroxyl groups is 1. The minimum absolute atomic E-state index is 0.755. The lowest BCUT2D eigenvalue weighted by Gasteiger charge is -2.23. The van der Waals surface area contributed by atoms with Gasteiger partial charge in [0.2, 0.25) is 0 Å². The Balaban J connectivity index is 2.95. The van der Waals surface area contributed by atoms with E-state index in [2.05, 4.69) is 14.8 Å². The first-order valence-electron chi connectivity index (χ1n) is 5.11. The third-order valence-electron chi connectivity index (χ3n) is 2.65. The van der Waals surface area contributed by atoms with E-state index in [0.717, 1.165) is 0 Å². The molecule has 4 atom stereocenters. The maximum absolute atomic E-state index is 11.4. The minimum atomic E-state index is -1.31. The molecule has 0 aliphatic carbocycles. The van der Waals surface area contributed by atoms with Crippen LogP contribution in [0, 0.1) is 0 Å². The topological polar surface area (TPSA) is 123 Å². The van der Waals surface area contributed by atoms with Crippen molar-refractivity contribution < 1.29 is 28.8 Å². The zero-order valence-corrected chi connectivity index (χ0v) is 10.2. The van der Waals surface area contributed by atoms with Gasteiger partial charge < -0.3 is 24.1 Å². The maximum Gasteiger partial charge on any atom is 0.337 e. The van der Waals surface area contributed by atoms with Crippen LogP contribution in [0.3, 0.4) is 0 Å². The number of hydrogen-bond donors (Lipinski definition) is 1. The molecular formula is C9H15N3O6. The van der Waals surface area contributed by atoms with Crippen LogP contribution in [0.2, 0.25) is 0 Å². The second kappa shape index (κ2) is 6.53. The quantitative estimate of drug-likeness (QED) is 0.236. The molecule has 0 bridgehead atoms. The van der Waals surface area contributed by atoms with Gasteiger partial charge in [-0.05, 0) is 5.53 Å². The zero-order valence-electron chi connectivity index (χ0n) is 10.2. The van der Waals surface area contributed by atoms with Gasteiger partial charge in [0.25, 0.3) is 0 Å². The highest BCUT2D eigenvalue weighted by Gasteiger charge is 2.50. The average Bonchev–Trinajstić information content (AvgIpc) is 2.69. The van der Waals surface area contributed by atoms with E-state index in [0.29, 0.717) is 0 Å². The Morgan fingerprint density at radius 3 is 2.50 bits per heavy atom. The fraction of sp³-hybridized carbons (Fsp3) is 0.889. The number of rotatable bonds is 5. The van der Waals surface area contributed by atoms with Crippen molar-refractivity contribution in [1.82, 2.24) is 0 Å². The zero-order chi connectivity index (χ0) is 13.7. The van der Waals surface area contributed by atoms with E-state index in [-0.39, 0.29) is 0 Å². The van der Waals surface area contributed by atoms with Crippen LogP contribution in [-0.2, 0) is 23.7 Å². The van der Waals surface area contributed by atoms with E-state index in [4.69, 9.17) is 19.7 Å². The third-order valence-corrected chi connectivity index (χ3v) is 2.65. The van der Waals surface area contributed by atoms with E-state index in [1.54, 1.807) is 0 Å². The van der Waals surface area contributed by atoms with Crippen LogP contribution >= 0.6 is 0 Å². The molecule has 1 heterocycles. The number of azide groups is 1. The van der Waals surface area contributed by atoms with Gasteiger partial charge in [-0.1, -0.05) is 5.11 Å². The second-order valence-corrected chi connectivity index (χ2v) is 3.57. The van der Waals surface area contributed by atoms with Gasteiger partial charge in [-0.2, -0.15) is 0 Å². The van der Waals surface area contributed by atoms with E-state index < -0.39 is 36.6 Å². The highest BCUT2D eigenvalue weighted by atomic mass is 16.7. The van der Waals surface area contributed by atoms with Crippen LogP contribution in [0.4, 0.5) is 0 Å². The number of aliphatic hydroxyl groups excluding tert-OH is 1. The summed E-state index contributed by atoms with van der Waals surface area (Å²) in [7, 11) is 3.89. The Bertz CT molecular complexity index is 341. The van der Waals surface area contributed by atoms with Crippen LogP contribution in [0.15, 0.2) is 5.11 Å². The van der Waals surface area contributed by atoms with Gasteiger partial charge in [0.05, 0.1) is 13.2 Å². The number of nitrogens with zero attached hydrogens (tertiary/aromatic N) is 3. The molecule has 0 aromatic heterocycles. The van der Waals surface area contributed by atoms with Crippen molar-refractivity contribution in [1.29, 1.82) is 0 Å². The number of carbonyl (C=O) groups excluding carboxylic acids is 1. The molecule has 0 spiro atoms. The fourth-order valence-electron chi connectivity index (χ4n) is 1.80. The van der Waals surface area contributed by atoms with Crippen molar-refractivity contribution in [3.8, 4) is 0 Å². The van der Waals surface area contributed by atoms with Gasteiger partial charge in [-0.25, -0.2) is 4.79 Å². The van der Waals surface area contributed by atoms with Gasteiger partial charge in [-0.15, -0.1) is 0 Å². The summed E-state index contributed by atoms with van der Waals surface area (Å²) in [6.45, 7) is 0. The maximum atomic E-state index is 11.4. The lowest BCUT2D eigenvalue weighted by molar-refractivity contribution is -0.187. The molecule has 0 unspecified atom stereocenters. The molecule has 0 saturated carbocycles. The molecule has 0 aromatic carbocycles. The van der Waals surface area contributed by atoms with Crippen LogP contribution in [-0.4, -0.2) is 63.0 Å². The molecule has 102 valence electrons. The van der Waals surface area contributed by atoms with Crippen molar-refractivity contribution >= 4 is 5.97 Å². The molecule has 1 fully saturated rings. The number of methoxy groups -OCH3 is 3. The van der Waals surface area contributed by atoms with Crippen molar-refractivity contribution in [3.05, 3.63) is 10.4 Å². The SMILES string of the molecule is COC(=O)[C@H]1O[C@H](C(OC)OC)[C@H](N=[N+]=[N-])[C@@H]1O. The summed E-state index contributed by atoms with van der Waals surface area (Å²) < 4.78 is 19.7. The summed E-state index contributed by atoms with van der Waals surface area (Å²) in [5, 5.41) is 13.3. The molecule has 0 aromatic rings. The molecule has 18 heavy (non-hydrogen) atoms. The van der Waals surface area contributed by atoms with Crippen LogP contribution in [0.1, 0.15) is 0 Å². The largest absolute Gasteiger partial charge is 0.467 e. The summed E-state index contributed by atoms with van der Waals surface area (Å²) in [6.07, 6.45) is -4.31. The Labute approximate surface area is 103 Å². The summed E-state index contributed by atoms with van der Waals surface area (Å²) in [6, 6.07) is -0.996. The fourth-order valence-corrected chi connectivity index (χ4v) is 1.80. The summed E-state index contributed by atoms with van der Waals surface area (Å²) >= 11 is 0. The highest BCUT2D eigenvalue weighted by molar-refractivity contribution is 5.76. The minimum Gasteiger partial charge on any atom is -0.467 e. The lowest BCUT2D eigenvalue weighted by Crippen LogP contribution is -2.39. The number of hydrogen-bond acceptors (Lipinski definition) is 7. The average molecular weight is 261 g/mol. The van der Waals surface area contributed by atoms with Crippen molar-refractivity contribution in [3.63, 3.8) is 0 Å². The molecule has 0 amide bonds. The molecule has 1 N–H and O–H groups in total. The van der Waals surface area contributed by atoms with Gasteiger partial charge in [0.1, 0.15) is 12.2 Å². The van der Waals surface area contributed by atoms with E-state index in [1.807, 2.05) is 0 Å². The Morgan fingerprint density at radius 2 is 2.06 bits per heavy atom. The van der Waals surface area contributed by atoms with E-state index in [9.17, 15) is 9.90 Å². The Kier molecular flexibility index (Phi) is 5.32. The van der Waals surface area contributed by atoms with Crippen molar-refractivity contribution in [2.24, 2.45) is 5.11 Å². The third kappa shape index (κ3) is 2.71. The smallest absolute Gasteiger partial charge is 0.337 e. The molecule has 9 nitrogen and oxygen atoms in total. The second-order valence-electron chi connectivity index (χ2n) is 3.57. The lowest BCUT2D eigenvalue weighted by atomic mass is 10.1. The van der Waals surface area contributed by atoms with Crippen LogP contribution in [0.25, 0.3) is 10.4 Å². The van der Waals surface area contributed by atoms with Crippen molar-refractivity contribution in [2.45, 2.75) is 30.6 Å². The molecule has 0 radical (unpaired) electrons. The van der Waals surface area contributed by atoms with Gasteiger partial charge in [0.15, 0.2) is 12.4 Å². The first kappa shape index (κ1) is 14.7. The number of ether oxygens (including phenoxy) is 4. The van der Waals surface area contributed by atoms with Crippen molar-refractivity contribution in [2.75, 3.05) is 21.3 Å².